The number of benzene rings is 1. The minimum Gasteiger partial charge on any atom is -0.355 e. The molecule has 0 unspecified atom stereocenters. The predicted octanol–water partition coefficient (Wildman–Crippen LogP) is 2.43. The number of nitrogens with one attached hydrogen (secondary N) is 1. The standard InChI is InChI=1S/C19H22N4O/c1-14-7-8-17(22-21-14)23-11-9-19(10-12-23)16(13-18(24)20-19)15-5-3-2-4-6-15/h2-8,16H,9-13H2,1H3,(H,20,24)/t16-/m1/s1. The molecule has 1 atom stereocenters. The molecule has 0 saturated carbocycles. The van der Waals surface area contributed by atoms with Gasteiger partial charge < -0.3 is 10.2 Å². The molecule has 0 aliphatic carbocycles. The summed E-state index contributed by atoms with van der Waals surface area (Å²) in [6.07, 6.45) is 2.47. The van der Waals surface area contributed by atoms with Gasteiger partial charge in [-0.2, -0.15) is 5.10 Å². The molecule has 124 valence electrons. The van der Waals surface area contributed by atoms with Gasteiger partial charge in [-0.25, -0.2) is 0 Å². The fourth-order valence-electron chi connectivity index (χ4n) is 4.09. The first kappa shape index (κ1) is 15.1. The molecular weight excluding hydrogens is 300 g/mol. The van der Waals surface area contributed by atoms with E-state index in [1.165, 1.54) is 5.56 Å². The lowest BCUT2D eigenvalue weighted by molar-refractivity contribution is -0.119. The first-order valence-electron chi connectivity index (χ1n) is 8.58. The molecule has 1 aromatic carbocycles. The Morgan fingerprint density at radius 3 is 2.50 bits per heavy atom. The van der Waals surface area contributed by atoms with Gasteiger partial charge in [-0.05, 0) is 37.5 Å². The maximum absolute atomic E-state index is 12.1. The fourth-order valence-corrected chi connectivity index (χ4v) is 4.09. The Balaban J connectivity index is 1.54. The number of hydrogen-bond donors (Lipinski definition) is 1. The van der Waals surface area contributed by atoms with Crippen LogP contribution in [0.2, 0.25) is 0 Å². The van der Waals surface area contributed by atoms with Gasteiger partial charge in [0.25, 0.3) is 0 Å². The second kappa shape index (κ2) is 5.89. The Morgan fingerprint density at radius 2 is 1.83 bits per heavy atom. The maximum Gasteiger partial charge on any atom is 0.221 e. The molecule has 1 amide bonds. The van der Waals surface area contributed by atoms with Gasteiger partial charge in [0, 0.05) is 25.4 Å². The highest BCUT2D eigenvalue weighted by molar-refractivity contribution is 5.81. The van der Waals surface area contributed by atoms with E-state index in [1.54, 1.807) is 0 Å². The van der Waals surface area contributed by atoms with Gasteiger partial charge in [-0.15, -0.1) is 5.10 Å². The molecule has 2 saturated heterocycles. The van der Waals surface area contributed by atoms with Gasteiger partial charge in [0.1, 0.15) is 0 Å². The number of hydrogen-bond acceptors (Lipinski definition) is 4. The van der Waals surface area contributed by atoms with Crippen LogP contribution in [0.25, 0.3) is 0 Å². The van der Waals surface area contributed by atoms with Gasteiger partial charge in [0.05, 0.1) is 11.2 Å². The van der Waals surface area contributed by atoms with Crippen molar-refractivity contribution < 1.29 is 4.79 Å². The summed E-state index contributed by atoms with van der Waals surface area (Å²) < 4.78 is 0. The number of carbonyl (C=O) groups excluding carboxylic acids is 1. The lowest BCUT2D eigenvalue weighted by Crippen LogP contribution is -2.53. The van der Waals surface area contributed by atoms with Crippen LogP contribution in [0, 0.1) is 6.92 Å². The third-order valence-electron chi connectivity index (χ3n) is 5.41. The summed E-state index contributed by atoms with van der Waals surface area (Å²) in [7, 11) is 0. The fraction of sp³-hybridized carbons (Fsp3) is 0.421. The van der Waals surface area contributed by atoms with Gasteiger partial charge in [0.2, 0.25) is 5.91 Å². The molecule has 1 spiro atoms. The van der Waals surface area contributed by atoms with E-state index in [1.807, 2.05) is 25.1 Å². The SMILES string of the molecule is Cc1ccc(N2CCC3(CC2)NC(=O)C[C@@H]3c2ccccc2)nn1. The zero-order valence-electron chi connectivity index (χ0n) is 13.9. The number of rotatable bonds is 2. The average Bonchev–Trinajstić information content (AvgIpc) is 2.93. The van der Waals surface area contributed by atoms with Crippen LogP contribution in [0.4, 0.5) is 5.82 Å². The second-order valence-electron chi connectivity index (χ2n) is 6.89. The highest BCUT2D eigenvalue weighted by Gasteiger charge is 2.48. The molecule has 4 rings (SSSR count). The normalized spacial score (nSPS) is 22.6. The van der Waals surface area contributed by atoms with Crippen molar-refractivity contribution in [3.63, 3.8) is 0 Å². The van der Waals surface area contributed by atoms with E-state index in [0.717, 1.165) is 37.4 Å². The molecule has 2 aromatic rings. The number of carbonyl (C=O) groups is 1. The predicted molar refractivity (Wildman–Crippen MR) is 92.9 cm³/mol. The number of aryl methyl sites for hydroxylation is 1. The molecule has 2 aliphatic heterocycles. The highest BCUT2D eigenvalue weighted by Crippen LogP contribution is 2.43. The summed E-state index contributed by atoms with van der Waals surface area (Å²) in [4.78, 5) is 14.4. The molecule has 24 heavy (non-hydrogen) atoms. The van der Waals surface area contributed by atoms with Crippen molar-refractivity contribution >= 4 is 11.7 Å². The van der Waals surface area contributed by atoms with Gasteiger partial charge in [0.15, 0.2) is 5.82 Å². The molecule has 0 bridgehead atoms. The third kappa shape index (κ3) is 2.64. The molecule has 3 heterocycles. The summed E-state index contributed by atoms with van der Waals surface area (Å²) in [6, 6.07) is 14.5. The molecule has 2 aliphatic rings. The van der Waals surface area contributed by atoms with Crippen molar-refractivity contribution in [3.8, 4) is 0 Å². The summed E-state index contributed by atoms with van der Waals surface area (Å²) in [6.45, 7) is 3.73. The number of aromatic nitrogens is 2. The Bertz CT molecular complexity index is 721. The van der Waals surface area contributed by atoms with E-state index in [4.69, 9.17) is 0 Å². The molecule has 5 heteroatoms. The van der Waals surface area contributed by atoms with Gasteiger partial charge in [-0.1, -0.05) is 30.3 Å². The smallest absolute Gasteiger partial charge is 0.221 e. The van der Waals surface area contributed by atoms with Crippen LogP contribution in [0.1, 0.15) is 36.4 Å². The maximum atomic E-state index is 12.1. The van der Waals surface area contributed by atoms with Crippen molar-refractivity contribution in [1.82, 2.24) is 15.5 Å². The lowest BCUT2D eigenvalue weighted by Gasteiger charge is -2.43. The minimum atomic E-state index is -0.118. The number of amides is 1. The van der Waals surface area contributed by atoms with Crippen LogP contribution in [0.5, 0.6) is 0 Å². The lowest BCUT2D eigenvalue weighted by atomic mass is 9.74. The largest absolute Gasteiger partial charge is 0.355 e. The summed E-state index contributed by atoms with van der Waals surface area (Å²) in [5, 5.41) is 11.8. The number of nitrogens with zero attached hydrogens (tertiary/aromatic N) is 3. The van der Waals surface area contributed by atoms with E-state index >= 15 is 0 Å². The summed E-state index contributed by atoms with van der Waals surface area (Å²) >= 11 is 0. The Morgan fingerprint density at radius 1 is 1.08 bits per heavy atom. The van der Waals surface area contributed by atoms with Crippen molar-refractivity contribution in [3.05, 3.63) is 53.7 Å². The van der Waals surface area contributed by atoms with Crippen LogP contribution >= 0.6 is 0 Å². The van der Waals surface area contributed by atoms with E-state index in [9.17, 15) is 4.79 Å². The van der Waals surface area contributed by atoms with Crippen LogP contribution in [-0.4, -0.2) is 34.7 Å². The van der Waals surface area contributed by atoms with Crippen LogP contribution in [-0.2, 0) is 4.79 Å². The first-order chi connectivity index (χ1) is 11.7. The van der Waals surface area contributed by atoms with Crippen LogP contribution in [0.15, 0.2) is 42.5 Å². The first-order valence-corrected chi connectivity index (χ1v) is 8.58. The number of piperidine rings is 1. The summed E-state index contributed by atoms with van der Waals surface area (Å²) in [5.74, 6) is 1.36. The van der Waals surface area contributed by atoms with Crippen molar-refractivity contribution in [1.29, 1.82) is 0 Å². The second-order valence-corrected chi connectivity index (χ2v) is 6.89. The van der Waals surface area contributed by atoms with E-state index < -0.39 is 0 Å². The van der Waals surface area contributed by atoms with Crippen LogP contribution in [0.3, 0.4) is 0 Å². The van der Waals surface area contributed by atoms with Crippen molar-refractivity contribution in [2.75, 3.05) is 18.0 Å². The topological polar surface area (TPSA) is 58.1 Å². The quantitative estimate of drug-likeness (QED) is 0.922. The average molecular weight is 322 g/mol. The van der Waals surface area contributed by atoms with Gasteiger partial charge >= 0.3 is 0 Å². The highest BCUT2D eigenvalue weighted by atomic mass is 16.2. The molecule has 5 nitrogen and oxygen atoms in total. The van der Waals surface area contributed by atoms with E-state index in [-0.39, 0.29) is 17.4 Å². The van der Waals surface area contributed by atoms with E-state index in [2.05, 4.69) is 44.7 Å². The Hall–Kier alpha value is -2.43. The third-order valence-corrected chi connectivity index (χ3v) is 5.41. The summed E-state index contributed by atoms with van der Waals surface area (Å²) in [5.41, 5.74) is 2.08. The zero-order valence-corrected chi connectivity index (χ0v) is 13.9. The van der Waals surface area contributed by atoms with E-state index in [0.29, 0.717) is 6.42 Å². The van der Waals surface area contributed by atoms with Crippen molar-refractivity contribution in [2.24, 2.45) is 0 Å². The minimum absolute atomic E-state index is 0.118. The molecule has 2 fully saturated rings. The molecular formula is C19H22N4O. The molecule has 1 N–H and O–H groups in total. The monoisotopic (exact) mass is 322 g/mol. The Kier molecular flexibility index (Phi) is 3.71. The molecule has 1 aromatic heterocycles. The zero-order chi connectivity index (χ0) is 16.6. The van der Waals surface area contributed by atoms with Crippen LogP contribution < -0.4 is 10.2 Å². The Labute approximate surface area is 142 Å². The molecule has 0 radical (unpaired) electrons. The number of anilines is 1. The van der Waals surface area contributed by atoms with Gasteiger partial charge in [-0.3, -0.25) is 4.79 Å². The van der Waals surface area contributed by atoms with Crippen molar-refractivity contribution in [2.45, 2.75) is 37.6 Å².